The second-order valence-electron chi connectivity index (χ2n) is 6.70. The molecule has 0 saturated carbocycles. The largest absolute Gasteiger partial charge is 0.484 e. The van der Waals surface area contributed by atoms with E-state index in [1.807, 2.05) is 0 Å². The lowest BCUT2D eigenvalue weighted by Gasteiger charge is -2.11. The van der Waals surface area contributed by atoms with Crippen molar-refractivity contribution in [2.75, 3.05) is 17.2 Å². The van der Waals surface area contributed by atoms with Crippen molar-refractivity contribution in [2.24, 2.45) is 0 Å². The van der Waals surface area contributed by atoms with E-state index >= 15 is 0 Å². The van der Waals surface area contributed by atoms with Gasteiger partial charge >= 0.3 is 6.18 Å². The van der Waals surface area contributed by atoms with Gasteiger partial charge in [-0.1, -0.05) is 18.2 Å². The van der Waals surface area contributed by atoms with Gasteiger partial charge in [-0.3, -0.25) is 19.7 Å². The number of amides is 2. The van der Waals surface area contributed by atoms with Gasteiger partial charge in [0, 0.05) is 23.0 Å². The summed E-state index contributed by atoms with van der Waals surface area (Å²) in [5.41, 5.74) is -0.767. The van der Waals surface area contributed by atoms with Gasteiger partial charge in [0.05, 0.1) is 16.6 Å². The summed E-state index contributed by atoms with van der Waals surface area (Å²) in [7, 11) is 0. The number of rotatable bonds is 7. The van der Waals surface area contributed by atoms with Crippen LogP contribution in [0.15, 0.2) is 72.8 Å². The first kappa shape index (κ1) is 23.3. The maximum absolute atomic E-state index is 12.8. The molecule has 0 aliphatic heterocycles. The van der Waals surface area contributed by atoms with Gasteiger partial charge in [-0.15, -0.1) is 0 Å². The highest BCUT2D eigenvalue weighted by molar-refractivity contribution is 6.05. The molecule has 0 saturated heterocycles. The van der Waals surface area contributed by atoms with E-state index in [0.29, 0.717) is 0 Å². The molecule has 0 heterocycles. The number of carbonyl (C=O) groups is 2. The van der Waals surface area contributed by atoms with Crippen molar-refractivity contribution < 1.29 is 32.4 Å². The molecule has 2 N–H and O–H groups in total. The lowest BCUT2D eigenvalue weighted by molar-refractivity contribution is -0.384. The summed E-state index contributed by atoms with van der Waals surface area (Å²) in [4.78, 5) is 34.7. The highest BCUT2D eigenvalue weighted by Gasteiger charge is 2.30. The summed E-state index contributed by atoms with van der Waals surface area (Å²) in [5, 5.41) is 15.7. The van der Waals surface area contributed by atoms with Crippen molar-refractivity contribution >= 4 is 28.9 Å². The summed E-state index contributed by atoms with van der Waals surface area (Å²) < 4.78 is 43.7. The maximum atomic E-state index is 12.8. The van der Waals surface area contributed by atoms with Crippen LogP contribution < -0.4 is 15.4 Å². The molecule has 0 fully saturated rings. The molecule has 0 radical (unpaired) electrons. The van der Waals surface area contributed by atoms with Crippen molar-refractivity contribution in [3.05, 3.63) is 94.0 Å². The van der Waals surface area contributed by atoms with Crippen LogP contribution in [0.4, 0.5) is 30.2 Å². The number of benzene rings is 3. The number of nitrogens with zero attached hydrogens (tertiary/aromatic N) is 1. The van der Waals surface area contributed by atoms with Crippen LogP contribution in [0.25, 0.3) is 0 Å². The zero-order valence-electron chi connectivity index (χ0n) is 16.8. The fraction of sp³-hybridized carbons (Fsp3) is 0.0909. The summed E-state index contributed by atoms with van der Waals surface area (Å²) >= 11 is 0. The number of hydrogen-bond acceptors (Lipinski definition) is 5. The predicted octanol–water partition coefficient (Wildman–Crippen LogP) is 4.88. The maximum Gasteiger partial charge on any atom is 0.416 e. The number of hydrogen-bond donors (Lipinski definition) is 2. The Morgan fingerprint density at radius 1 is 0.909 bits per heavy atom. The zero-order chi connectivity index (χ0) is 24.0. The summed E-state index contributed by atoms with van der Waals surface area (Å²) in [6, 6.07) is 15.3. The quantitative estimate of drug-likeness (QED) is 0.386. The average molecular weight is 459 g/mol. The van der Waals surface area contributed by atoms with Crippen LogP contribution in [0.2, 0.25) is 0 Å². The van der Waals surface area contributed by atoms with E-state index in [-0.39, 0.29) is 28.4 Å². The van der Waals surface area contributed by atoms with Gasteiger partial charge in [0.25, 0.3) is 17.5 Å². The fourth-order valence-corrected chi connectivity index (χ4v) is 2.75. The lowest BCUT2D eigenvalue weighted by atomic mass is 10.1. The van der Waals surface area contributed by atoms with Crippen molar-refractivity contribution in [1.82, 2.24) is 0 Å². The number of carbonyl (C=O) groups excluding carboxylic acids is 2. The molecular formula is C22H16F3N3O5. The summed E-state index contributed by atoms with van der Waals surface area (Å²) in [6.07, 6.45) is -4.54. The van der Waals surface area contributed by atoms with E-state index in [0.717, 1.165) is 12.1 Å². The van der Waals surface area contributed by atoms with Gasteiger partial charge in [0.1, 0.15) is 5.75 Å². The molecule has 170 valence electrons. The third-order valence-electron chi connectivity index (χ3n) is 4.25. The van der Waals surface area contributed by atoms with E-state index in [1.54, 1.807) is 0 Å². The van der Waals surface area contributed by atoms with Gasteiger partial charge in [0.2, 0.25) is 0 Å². The van der Waals surface area contributed by atoms with Crippen LogP contribution >= 0.6 is 0 Å². The minimum absolute atomic E-state index is 0.0328. The third-order valence-corrected chi connectivity index (χ3v) is 4.25. The van der Waals surface area contributed by atoms with Crippen LogP contribution in [0, 0.1) is 10.1 Å². The zero-order valence-corrected chi connectivity index (χ0v) is 16.8. The Labute approximate surface area is 185 Å². The molecule has 33 heavy (non-hydrogen) atoms. The van der Waals surface area contributed by atoms with Gasteiger partial charge in [-0.2, -0.15) is 13.2 Å². The topological polar surface area (TPSA) is 111 Å². The van der Waals surface area contributed by atoms with E-state index in [4.69, 9.17) is 4.74 Å². The first-order chi connectivity index (χ1) is 15.6. The molecule has 0 aliphatic rings. The number of nitro groups is 1. The van der Waals surface area contributed by atoms with Crippen molar-refractivity contribution in [2.45, 2.75) is 6.18 Å². The van der Waals surface area contributed by atoms with Gasteiger partial charge in [-0.25, -0.2) is 0 Å². The number of non-ortho nitro benzene ring substituents is 1. The molecule has 0 spiro atoms. The normalized spacial score (nSPS) is 10.9. The minimum atomic E-state index is -4.54. The van der Waals surface area contributed by atoms with Crippen LogP contribution in [-0.2, 0) is 11.0 Å². The van der Waals surface area contributed by atoms with Gasteiger partial charge in [0.15, 0.2) is 6.61 Å². The molecule has 0 aliphatic carbocycles. The third kappa shape index (κ3) is 6.53. The SMILES string of the molecule is O=C(COc1cccc([N+](=O)[O-])c1)Nc1cccc(C(=O)Nc2cccc(C(F)(F)F)c2)c1. The van der Waals surface area contributed by atoms with Crippen molar-refractivity contribution in [3.8, 4) is 5.75 Å². The van der Waals surface area contributed by atoms with Crippen molar-refractivity contribution in [1.29, 1.82) is 0 Å². The number of ether oxygens (including phenoxy) is 1. The van der Waals surface area contributed by atoms with Gasteiger partial charge < -0.3 is 15.4 Å². The molecule has 0 aromatic heterocycles. The van der Waals surface area contributed by atoms with Gasteiger partial charge in [-0.05, 0) is 42.5 Å². The Hall–Kier alpha value is -4.41. The van der Waals surface area contributed by atoms with Crippen LogP contribution in [0.3, 0.4) is 0 Å². The minimum Gasteiger partial charge on any atom is -0.484 e. The Morgan fingerprint density at radius 2 is 1.58 bits per heavy atom. The number of anilines is 2. The van der Waals surface area contributed by atoms with E-state index in [9.17, 15) is 32.9 Å². The first-order valence-electron chi connectivity index (χ1n) is 9.37. The molecule has 0 bridgehead atoms. The molecule has 3 rings (SSSR count). The van der Waals surface area contributed by atoms with Crippen LogP contribution in [-0.4, -0.2) is 23.3 Å². The monoisotopic (exact) mass is 459 g/mol. The van der Waals surface area contributed by atoms with E-state index < -0.39 is 35.1 Å². The Morgan fingerprint density at radius 3 is 2.27 bits per heavy atom. The molecule has 0 atom stereocenters. The standard InChI is InChI=1S/C22H16F3N3O5/c23-22(24,25)15-5-2-7-17(11-15)27-21(30)14-4-1-6-16(10-14)26-20(29)13-33-19-9-3-8-18(12-19)28(31)32/h1-12H,13H2,(H,26,29)(H,27,30). The summed E-state index contributed by atoms with van der Waals surface area (Å²) in [6.45, 7) is -0.443. The molecule has 2 amide bonds. The number of halogens is 3. The molecule has 3 aromatic carbocycles. The highest BCUT2D eigenvalue weighted by Crippen LogP contribution is 2.30. The predicted molar refractivity (Wildman–Crippen MR) is 113 cm³/mol. The molecule has 3 aromatic rings. The van der Waals surface area contributed by atoms with Crippen molar-refractivity contribution in [3.63, 3.8) is 0 Å². The Kier molecular flexibility index (Phi) is 6.91. The fourth-order valence-electron chi connectivity index (χ4n) is 2.75. The second-order valence-corrected chi connectivity index (χ2v) is 6.70. The molecule has 8 nitrogen and oxygen atoms in total. The van der Waals surface area contributed by atoms with E-state index in [2.05, 4.69) is 10.6 Å². The Bertz CT molecular complexity index is 1200. The number of nitro benzene ring substituents is 1. The molecule has 0 unspecified atom stereocenters. The second kappa shape index (κ2) is 9.81. The smallest absolute Gasteiger partial charge is 0.416 e. The Balaban J connectivity index is 1.61. The number of alkyl halides is 3. The molecular weight excluding hydrogens is 443 g/mol. The van der Waals surface area contributed by atoms with E-state index in [1.165, 1.54) is 60.7 Å². The lowest BCUT2D eigenvalue weighted by Crippen LogP contribution is -2.20. The average Bonchev–Trinajstić information content (AvgIpc) is 2.77. The highest BCUT2D eigenvalue weighted by atomic mass is 19.4. The number of nitrogens with one attached hydrogen (secondary N) is 2. The molecule has 11 heteroatoms. The summed E-state index contributed by atoms with van der Waals surface area (Å²) in [5.74, 6) is -1.12. The first-order valence-corrected chi connectivity index (χ1v) is 9.37. The van der Waals surface area contributed by atoms with Crippen LogP contribution in [0.1, 0.15) is 15.9 Å². The van der Waals surface area contributed by atoms with Crippen LogP contribution in [0.5, 0.6) is 5.75 Å².